The van der Waals surface area contributed by atoms with E-state index in [1.807, 2.05) is 13.0 Å². The Labute approximate surface area is 171 Å². The van der Waals surface area contributed by atoms with Crippen LogP contribution in [0.4, 0.5) is 0 Å². The predicted molar refractivity (Wildman–Crippen MR) is 117 cm³/mol. The Kier molecular flexibility index (Phi) is 5.59. The number of phenolic OH excluding ortho intramolecular Hbond substituents is 1. The van der Waals surface area contributed by atoms with Gasteiger partial charge in [0.2, 0.25) is 0 Å². The van der Waals surface area contributed by atoms with E-state index in [9.17, 15) is 9.90 Å². The van der Waals surface area contributed by atoms with Gasteiger partial charge in [-0.1, -0.05) is 32.9 Å². The zero-order valence-corrected chi connectivity index (χ0v) is 17.5. The molecule has 3 aromatic rings. The number of aromatic hydroxyl groups is 1. The van der Waals surface area contributed by atoms with Gasteiger partial charge in [0.1, 0.15) is 5.75 Å². The van der Waals surface area contributed by atoms with Crippen LogP contribution in [0.1, 0.15) is 53.6 Å². The first-order chi connectivity index (χ1) is 13.7. The number of phenols is 1. The number of nitrogens with one attached hydrogen (secondary N) is 1. The van der Waals surface area contributed by atoms with E-state index in [0.717, 1.165) is 22.6 Å². The number of carbonyl (C=O) groups excluding carboxylic acids is 1. The molecule has 0 aliphatic heterocycles. The van der Waals surface area contributed by atoms with E-state index in [1.54, 1.807) is 18.3 Å². The number of benzene rings is 2. The number of carbonyl (C=O) groups is 1. The first-order valence-electron chi connectivity index (χ1n) is 9.59. The topological polar surface area (TPSA) is 66.6 Å². The summed E-state index contributed by atoms with van der Waals surface area (Å²) in [6.07, 6.45) is 1.65. The average Bonchev–Trinajstić information content (AvgIpc) is 2.95. The van der Waals surface area contributed by atoms with Crippen LogP contribution in [-0.4, -0.2) is 21.8 Å². The number of hydrazone groups is 1. The van der Waals surface area contributed by atoms with Crippen molar-refractivity contribution in [1.82, 2.24) is 9.99 Å². The van der Waals surface area contributed by atoms with Gasteiger partial charge in [-0.2, -0.15) is 5.10 Å². The van der Waals surface area contributed by atoms with Gasteiger partial charge in [0, 0.05) is 28.2 Å². The lowest BCUT2D eigenvalue weighted by atomic mass is 9.87. The average molecular weight is 389 g/mol. The van der Waals surface area contributed by atoms with Crippen LogP contribution in [-0.2, 0) is 5.41 Å². The minimum atomic E-state index is -0.326. The molecule has 0 saturated carbocycles. The molecule has 0 spiro atoms. The van der Waals surface area contributed by atoms with Gasteiger partial charge in [-0.05, 0) is 67.3 Å². The number of hydrogen-bond acceptors (Lipinski definition) is 3. The molecule has 1 aromatic heterocycles. The molecule has 5 nitrogen and oxygen atoms in total. The third kappa shape index (κ3) is 4.57. The zero-order chi connectivity index (χ0) is 21.2. The maximum absolute atomic E-state index is 12.1. The fraction of sp³-hybridized carbons (Fsp3) is 0.250. The van der Waals surface area contributed by atoms with Crippen LogP contribution in [0.3, 0.4) is 0 Å². The van der Waals surface area contributed by atoms with Crippen molar-refractivity contribution in [3.63, 3.8) is 0 Å². The predicted octanol–water partition coefficient (Wildman–Crippen LogP) is 4.86. The molecule has 0 aliphatic carbocycles. The Morgan fingerprint density at radius 2 is 1.66 bits per heavy atom. The van der Waals surface area contributed by atoms with Crippen LogP contribution in [0.15, 0.2) is 59.7 Å². The van der Waals surface area contributed by atoms with Crippen molar-refractivity contribution < 1.29 is 9.90 Å². The van der Waals surface area contributed by atoms with Gasteiger partial charge < -0.3 is 9.67 Å². The monoisotopic (exact) mass is 389 g/mol. The molecule has 0 radical (unpaired) electrons. The fourth-order valence-corrected chi connectivity index (χ4v) is 3.26. The molecular weight excluding hydrogens is 362 g/mol. The molecule has 5 heteroatoms. The molecule has 1 heterocycles. The van der Waals surface area contributed by atoms with Crippen LogP contribution in [0.25, 0.3) is 5.69 Å². The van der Waals surface area contributed by atoms with E-state index in [2.05, 4.69) is 67.1 Å². The number of hydrogen-bond donors (Lipinski definition) is 2. The Hall–Kier alpha value is -3.34. The molecule has 2 N–H and O–H groups in total. The first kappa shape index (κ1) is 20.4. The number of amides is 1. The largest absolute Gasteiger partial charge is 0.508 e. The third-order valence-corrected chi connectivity index (χ3v) is 4.96. The lowest BCUT2D eigenvalue weighted by Crippen LogP contribution is -2.17. The van der Waals surface area contributed by atoms with Gasteiger partial charge in [0.25, 0.3) is 5.91 Å². The summed E-state index contributed by atoms with van der Waals surface area (Å²) in [7, 11) is 0. The summed E-state index contributed by atoms with van der Waals surface area (Å²) in [6, 6.07) is 16.7. The van der Waals surface area contributed by atoms with Crippen molar-refractivity contribution in [3.05, 3.63) is 82.7 Å². The number of aromatic nitrogens is 1. The minimum absolute atomic E-state index is 0.118. The number of rotatable bonds is 4. The highest BCUT2D eigenvalue weighted by Crippen LogP contribution is 2.25. The van der Waals surface area contributed by atoms with E-state index in [-0.39, 0.29) is 17.1 Å². The molecule has 29 heavy (non-hydrogen) atoms. The molecular formula is C24H27N3O2. The second kappa shape index (κ2) is 7.95. The Bertz CT molecular complexity index is 1040. The van der Waals surface area contributed by atoms with E-state index in [4.69, 9.17) is 0 Å². The Morgan fingerprint density at radius 1 is 1.03 bits per heavy atom. The van der Waals surface area contributed by atoms with Gasteiger partial charge in [0.05, 0.1) is 6.21 Å². The maximum atomic E-state index is 12.1. The van der Waals surface area contributed by atoms with Gasteiger partial charge >= 0.3 is 0 Å². The molecule has 0 saturated heterocycles. The van der Waals surface area contributed by atoms with E-state index < -0.39 is 0 Å². The standard InChI is InChI=1S/C24H27N3O2/c1-16-14-19(15-25-26-23(29)18-6-12-22(28)13-7-18)17(2)27(16)21-10-8-20(9-11-21)24(3,4)5/h6-15,28H,1-5H3,(H,26,29)/b25-15-. The summed E-state index contributed by atoms with van der Waals surface area (Å²) in [5.41, 5.74) is 8.55. The summed E-state index contributed by atoms with van der Waals surface area (Å²) >= 11 is 0. The van der Waals surface area contributed by atoms with E-state index in [1.165, 1.54) is 17.7 Å². The van der Waals surface area contributed by atoms with Crippen molar-refractivity contribution in [1.29, 1.82) is 0 Å². The van der Waals surface area contributed by atoms with Gasteiger partial charge in [0.15, 0.2) is 0 Å². The van der Waals surface area contributed by atoms with Crippen LogP contribution >= 0.6 is 0 Å². The smallest absolute Gasteiger partial charge is 0.271 e. The number of nitrogens with zero attached hydrogens (tertiary/aromatic N) is 2. The van der Waals surface area contributed by atoms with Crippen molar-refractivity contribution in [2.24, 2.45) is 5.10 Å². The molecule has 0 fully saturated rings. The highest BCUT2D eigenvalue weighted by Gasteiger charge is 2.14. The summed E-state index contributed by atoms with van der Waals surface area (Å²) in [5.74, 6) is -0.208. The molecule has 2 aromatic carbocycles. The molecule has 0 bridgehead atoms. The molecule has 3 rings (SSSR count). The van der Waals surface area contributed by atoms with E-state index in [0.29, 0.717) is 5.56 Å². The quantitative estimate of drug-likeness (QED) is 0.494. The zero-order valence-electron chi connectivity index (χ0n) is 17.5. The molecule has 150 valence electrons. The second-order valence-corrected chi connectivity index (χ2v) is 8.20. The summed E-state index contributed by atoms with van der Waals surface area (Å²) in [6.45, 7) is 10.7. The van der Waals surface area contributed by atoms with Gasteiger partial charge in [-0.3, -0.25) is 4.79 Å². The highest BCUT2D eigenvalue weighted by molar-refractivity contribution is 5.95. The Morgan fingerprint density at radius 3 is 2.24 bits per heavy atom. The Balaban J connectivity index is 1.78. The molecule has 0 aliphatic rings. The lowest BCUT2D eigenvalue weighted by Gasteiger charge is -2.20. The summed E-state index contributed by atoms with van der Waals surface area (Å²) in [4.78, 5) is 12.1. The van der Waals surface area contributed by atoms with Crippen molar-refractivity contribution in [2.45, 2.75) is 40.0 Å². The SMILES string of the molecule is Cc1cc(/C=N\NC(=O)c2ccc(O)cc2)c(C)n1-c1ccc(C(C)(C)C)cc1. The molecule has 0 unspecified atom stereocenters. The molecule has 1 amide bonds. The van der Waals surface area contributed by atoms with Crippen LogP contribution < -0.4 is 5.43 Å². The lowest BCUT2D eigenvalue weighted by molar-refractivity contribution is 0.0955. The highest BCUT2D eigenvalue weighted by atomic mass is 16.3. The summed E-state index contributed by atoms with van der Waals surface area (Å²) in [5, 5.41) is 13.4. The second-order valence-electron chi connectivity index (χ2n) is 8.20. The molecule has 0 atom stereocenters. The van der Waals surface area contributed by atoms with Crippen molar-refractivity contribution >= 4 is 12.1 Å². The van der Waals surface area contributed by atoms with Gasteiger partial charge in [-0.15, -0.1) is 0 Å². The van der Waals surface area contributed by atoms with E-state index >= 15 is 0 Å². The van der Waals surface area contributed by atoms with Crippen molar-refractivity contribution in [3.8, 4) is 11.4 Å². The number of aryl methyl sites for hydroxylation is 1. The normalized spacial score (nSPS) is 11.8. The third-order valence-electron chi connectivity index (χ3n) is 4.96. The van der Waals surface area contributed by atoms with Crippen molar-refractivity contribution in [2.75, 3.05) is 0 Å². The van der Waals surface area contributed by atoms with Crippen LogP contribution in [0.5, 0.6) is 5.75 Å². The van der Waals surface area contributed by atoms with Gasteiger partial charge in [-0.25, -0.2) is 5.43 Å². The van der Waals surface area contributed by atoms with Crippen LogP contribution in [0, 0.1) is 13.8 Å². The van der Waals surface area contributed by atoms with Crippen LogP contribution in [0.2, 0.25) is 0 Å². The first-order valence-corrected chi connectivity index (χ1v) is 9.59. The maximum Gasteiger partial charge on any atom is 0.271 e. The summed E-state index contributed by atoms with van der Waals surface area (Å²) < 4.78 is 2.18. The minimum Gasteiger partial charge on any atom is -0.508 e. The fourth-order valence-electron chi connectivity index (χ4n) is 3.26.